The fourth-order valence-corrected chi connectivity index (χ4v) is 3.13. The minimum Gasteiger partial charge on any atom is -0.331 e. The van der Waals surface area contributed by atoms with Gasteiger partial charge in [-0.1, -0.05) is 66.2 Å². The van der Waals surface area contributed by atoms with Crippen LogP contribution in [0.1, 0.15) is 18.4 Å². The van der Waals surface area contributed by atoms with Gasteiger partial charge < -0.3 is 10.6 Å². The predicted molar refractivity (Wildman–Crippen MR) is 116 cm³/mol. The highest BCUT2D eigenvalue weighted by atomic mass is 35.5. The van der Waals surface area contributed by atoms with E-state index in [1.165, 1.54) is 6.07 Å². The van der Waals surface area contributed by atoms with Crippen LogP contribution >= 0.6 is 23.8 Å². The van der Waals surface area contributed by atoms with Crippen molar-refractivity contribution in [3.63, 3.8) is 0 Å². The van der Waals surface area contributed by atoms with Crippen LogP contribution in [0.5, 0.6) is 0 Å². The van der Waals surface area contributed by atoms with E-state index in [0.29, 0.717) is 21.8 Å². The van der Waals surface area contributed by atoms with E-state index in [2.05, 4.69) is 10.6 Å². The van der Waals surface area contributed by atoms with E-state index < -0.39 is 5.92 Å². The molecule has 0 aliphatic heterocycles. The smallest absolute Gasteiger partial charge is 0.233 e. The van der Waals surface area contributed by atoms with E-state index in [9.17, 15) is 9.18 Å². The van der Waals surface area contributed by atoms with E-state index in [1.807, 2.05) is 30.3 Å². The van der Waals surface area contributed by atoms with Gasteiger partial charge in [0.05, 0.1) is 16.6 Å². The van der Waals surface area contributed by atoms with Crippen LogP contribution in [-0.2, 0) is 4.79 Å². The number of benzene rings is 3. The van der Waals surface area contributed by atoms with Gasteiger partial charge in [0.15, 0.2) is 5.11 Å². The summed E-state index contributed by atoms with van der Waals surface area (Å²) >= 11 is 11.2. The molecule has 0 bridgehead atoms. The second-order valence-corrected chi connectivity index (χ2v) is 7.07. The number of carbonyl (C=O) groups excluding carboxylic acids is 1. The lowest BCUT2D eigenvalue weighted by molar-refractivity contribution is -0.120. The number of carbonyl (C=O) groups is 1. The van der Waals surface area contributed by atoms with Crippen LogP contribution in [0.2, 0.25) is 5.02 Å². The predicted octanol–water partition coefficient (Wildman–Crippen LogP) is 5.76. The fraction of sp³-hybridized carbons (Fsp3) is 0.0909. The highest BCUT2D eigenvalue weighted by molar-refractivity contribution is 7.80. The molecule has 3 aromatic carbocycles. The van der Waals surface area contributed by atoms with Crippen LogP contribution in [0.3, 0.4) is 0 Å². The largest absolute Gasteiger partial charge is 0.331 e. The Morgan fingerprint density at radius 2 is 1.71 bits per heavy atom. The van der Waals surface area contributed by atoms with Crippen molar-refractivity contribution in [2.75, 3.05) is 5.32 Å². The molecule has 2 N–H and O–H groups in total. The second kappa shape index (κ2) is 8.95. The van der Waals surface area contributed by atoms with E-state index in [1.54, 1.807) is 43.3 Å². The molecule has 1 atom stereocenters. The molecule has 0 radical (unpaired) electrons. The van der Waals surface area contributed by atoms with Gasteiger partial charge in [0.25, 0.3) is 0 Å². The SMILES string of the molecule is CC(C(=O)NC(=S)Nc1ccccc1Cl)c1ccc(-c2ccccc2)c(F)c1. The Balaban J connectivity index is 1.68. The first kappa shape index (κ1) is 20.0. The van der Waals surface area contributed by atoms with Gasteiger partial charge in [-0.3, -0.25) is 4.79 Å². The molecule has 3 nitrogen and oxygen atoms in total. The maximum absolute atomic E-state index is 14.6. The van der Waals surface area contributed by atoms with Gasteiger partial charge in [0, 0.05) is 5.56 Å². The summed E-state index contributed by atoms with van der Waals surface area (Å²) in [6.07, 6.45) is 0. The molecule has 0 aromatic heterocycles. The summed E-state index contributed by atoms with van der Waals surface area (Å²) < 4.78 is 14.6. The summed E-state index contributed by atoms with van der Waals surface area (Å²) in [5, 5.41) is 6.13. The second-order valence-electron chi connectivity index (χ2n) is 6.25. The van der Waals surface area contributed by atoms with Crippen molar-refractivity contribution in [1.82, 2.24) is 5.32 Å². The Hall–Kier alpha value is -2.76. The number of hydrogen-bond donors (Lipinski definition) is 2. The van der Waals surface area contributed by atoms with Crippen molar-refractivity contribution >= 4 is 40.5 Å². The van der Waals surface area contributed by atoms with Gasteiger partial charge in [-0.2, -0.15) is 0 Å². The minimum absolute atomic E-state index is 0.131. The standard InChI is InChI=1S/C22H18ClFN2OS/c1-14(21(27)26-22(28)25-20-10-6-5-9-18(20)23)16-11-12-17(19(24)13-16)15-7-3-2-4-8-15/h2-14H,1H3,(H2,25,26,27,28). The molecule has 3 aromatic rings. The first-order valence-electron chi connectivity index (χ1n) is 8.67. The van der Waals surface area contributed by atoms with Crippen molar-refractivity contribution in [3.8, 4) is 11.1 Å². The number of anilines is 1. The summed E-state index contributed by atoms with van der Waals surface area (Å²) in [4.78, 5) is 12.5. The average Bonchev–Trinajstić information content (AvgIpc) is 2.69. The molecule has 28 heavy (non-hydrogen) atoms. The molecule has 0 fully saturated rings. The Bertz CT molecular complexity index is 1010. The quantitative estimate of drug-likeness (QED) is 0.535. The molecule has 0 aliphatic rings. The van der Waals surface area contributed by atoms with Gasteiger partial charge in [-0.25, -0.2) is 4.39 Å². The van der Waals surface area contributed by atoms with Crippen molar-refractivity contribution in [2.24, 2.45) is 0 Å². The molecule has 1 amide bonds. The van der Waals surface area contributed by atoms with Crippen LogP contribution in [0, 0.1) is 5.82 Å². The Labute approximate surface area is 173 Å². The highest BCUT2D eigenvalue weighted by Crippen LogP contribution is 2.26. The third-order valence-electron chi connectivity index (χ3n) is 4.33. The van der Waals surface area contributed by atoms with Crippen LogP contribution < -0.4 is 10.6 Å². The van der Waals surface area contributed by atoms with Crippen molar-refractivity contribution in [1.29, 1.82) is 0 Å². The van der Waals surface area contributed by atoms with Crippen LogP contribution in [-0.4, -0.2) is 11.0 Å². The Morgan fingerprint density at radius 1 is 1.04 bits per heavy atom. The third kappa shape index (κ3) is 4.74. The molecule has 0 heterocycles. The zero-order chi connectivity index (χ0) is 20.1. The van der Waals surface area contributed by atoms with Gasteiger partial charge in [-0.15, -0.1) is 0 Å². The summed E-state index contributed by atoms with van der Waals surface area (Å²) in [5.41, 5.74) is 2.44. The van der Waals surface area contributed by atoms with Crippen LogP contribution in [0.4, 0.5) is 10.1 Å². The zero-order valence-corrected chi connectivity index (χ0v) is 16.7. The molecule has 1 unspecified atom stereocenters. The van der Waals surface area contributed by atoms with Gasteiger partial charge in [-0.05, 0) is 48.5 Å². The Kier molecular flexibility index (Phi) is 6.39. The number of hydrogen-bond acceptors (Lipinski definition) is 2. The number of amides is 1. The van der Waals surface area contributed by atoms with E-state index in [4.69, 9.17) is 23.8 Å². The number of thiocarbonyl (C=S) groups is 1. The monoisotopic (exact) mass is 412 g/mol. The number of rotatable bonds is 4. The van der Waals surface area contributed by atoms with Crippen molar-refractivity contribution in [2.45, 2.75) is 12.8 Å². The van der Waals surface area contributed by atoms with Crippen LogP contribution in [0.25, 0.3) is 11.1 Å². The number of nitrogens with one attached hydrogen (secondary N) is 2. The maximum atomic E-state index is 14.6. The van der Waals surface area contributed by atoms with Gasteiger partial charge in [0.1, 0.15) is 5.82 Å². The summed E-state index contributed by atoms with van der Waals surface area (Å²) in [6.45, 7) is 1.70. The molecular formula is C22H18ClFN2OS. The zero-order valence-electron chi connectivity index (χ0n) is 15.1. The van der Waals surface area contributed by atoms with Crippen LogP contribution in [0.15, 0.2) is 72.8 Å². The van der Waals surface area contributed by atoms with Gasteiger partial charge >= 0.3 is 0 Å². The molecule has 0 aliphatic carbocycles. The summed E-state index contributed by atoms with van der Waals surface area (Å²) in [5.74, 6) is -1.29. The third-order valence-corrected chi connectivity index (χ3v) is 4.86. The number of halogens is 2. The van der Waals surface area contributed by atoms with Crippen molar-refractivity contribution in [3.05, 3.63) is 89.2 Å². The summed E-state index contributed by atoms with van der Waals surface area (Å²) in [7, 11) is 0. The highest BCUT2D eigenvalue weighted by Gasteiger charge is 2.18. The molecule has 6 heteroatoms. The number of para-hydroxylation sites is 1. The average molecular weight is 413 g/mol. The minimum atomic E-state index is -0.578. The first-order valence-corrected chi connectivity index (χ1v) is 9.45. The summed E-state index contributed by atoms with van der Waals surface area (Å²) in [6, 6.07) is 21.2. The lowest BCUT2D eigenvalue weighted by Gasteiger charge is -2.15. The van der Waals surface area contributed by atoms with E-state index >= 15 is 0 Å². The molecule has 0 spiro atoms. The molecule has 3 rings (SSSR count). The lowest BCUT2D eigenvalue weighted by Crippen LogP contribution is -2.36. The molecule has 142 valence electrons. The lowest BCUT2D eigenvalue weighted by atomic mass is 9.96. The first-order chi connectivity index (χ1) is 13.5. The maximum Gasteiger partial charge on any atom is 0.233 e. The molecule has 0 saturated carbocycles. The van der Waals surface area contributed by atoms with Gasteiger partial charge in [0.2, 0.25) is 5.91 Å². The van der Waals surface area contributed by atoms with E-state index in [0.717, 1.165) is 5.56 Å². The molecule has 0 saturated heterocycles. The molecular weight excluding hydrogens is 395 g/mol. The normalized spacial score (nSPS) is 11.5. The van der Waals surface area contributed by atoms with Crippen molar-refractivity contribution < 1.29 is 9.18 Å². The Morgan fingerprint density at radius 3 is 2.39 bits per heavy atom. The fourth-order valence-electron chi connectivity index (χ4n) is 2.74. The van der Waals surface area contributed by atoms with E-state index in [-0.39, 0.29) is 16.8 Å². The topological polar surface area (TPSA) is 41.1 Å².